The molecule has 3 rings (SSSR count). The number of carbonyl (C=O) groups is 1. The SMILES string of the molecule is O=C([C@H]1CCCN(S(=O)(=O)c2ccc(F)cc2)C1)N1CCCCC1. The van der Waals surface area contributed by atoms with Crippen LogP contribution >= 0.6 is 0 Å². The third-order valence-electron chi connectivity index (χ3n) is 4.85. The van der Waals surface area contributed by atoms with Gasteiger partial charge in [-0.3, -0.25) is 4.79 Å². The Labute approximate surface area is 142 Å². The van der Waals surface area contributed by atoms with Gasteiger partial charge < -0.3 is 4.90 Å². The summed E-state index contributed by atoms with van der Waals surface area (Å²) in [6.07, 6.45) is 4.60. The maximum absolute atomic E-state index is 13.0. The van der Waals surface area contributed by atoms with Crippen molar-refractivity contribution in [1.82, 2.24) is 9.21 Å². The van der Waals surface area contributed by atoms with E-state index in [4.69, 9.17) is 0 Å². The molecule has 0 N–H and O–H groups in total. The van der Waals surface area contributed by atoms with Crippen LogP contribution in [0.1, 0.15) is 32.1 Å². The molecule has 2 saturated heterocycles. The second-order valence-corrected chi connectivity index (χ2v) is 8.48. The average molecular weight is 354 g/mol. The van der Waals surface area contributed by atoms with Crippen molar-refractivity contribution < 1.29 is 17.6 Å². The highest BCUT2D eigenvalue weighted by atomic mass is 32.2. The van der Waals surface area contributed by atoms with Gasteiger partial charge in [-0.2, -0.15) is 4.31 Å². The van der Waals surface area contributed by atoms with E-state index >= 15 is 0 Å². The van der Waals surface area contributed by atoms with Crippen LogP contribution in [-0.4, -0.2) is 49.7 Å². The van der Waals surface area contributed by atoms with Gasteiger partial charge >= 0.3 is 0 Å². The number of hydrogen-bond acceptors (Lipinski definition) is 3. The van der Waals surface area contributed by atoms with Crippen LogP contribution in [0, 0.1) is 11.7 Å². The Morgan fingerprint density at radius 3 is 2.33 bits per heavy atom. The predicted molar refractivity (Wildman–Crippen MR) is 88.3 cm³/mol. The molecule has 1 amide bonds. The lowest BCUT2D eigenvalue weighted by Crippen LogP contribution is -2.47. The van der Waals surface area contributed by atoms with Crippen LogP contribution in [0.15, 0.2) is 29.2 Å². The predicted octanol–water partition coefficient (Wildman–Crippen LogP) is 2.24. The largest absolute Gasteiger partial charge is 0.342 e. The summed E-state index contributed by atoms with van der Waals surface area (Å²) < 4.78 is 39.8. The highest BCUT2D eigenvalue weighted by Crippen LogP contribution is 2.26. The second kappa shape index (κ2) is 7.19. The van der Waals surface area contributed by atoms with Gasteiger partial charge in [0.2, 0.25) is 15.9 Å². The summed E-state index contributed by atoms with van der Waals surface area (Å²) >= 11 is 0. The summed E-state index contributed by atoms with van der Waals surface area (Å²) in [4.78, 5) is 14.6. The Morgan fingerprint density at radius 2 is 1.67 bits per heavy atom. The van der Waals surface area contributed by atoms with Gasteiger partial charge in [-0.15, -0.1) is 0 Å². The number of halogens is 1. The Bertz CT molecular complexity index is 684. The van der Waals surface area contributed by atoms with Gasteiger partial charge in [-0.25, -0.2) is 12.8 Å². The van der Waals surface area contributed by atoms with Crippen LogP contribution in [-0.2, 0) is 14.8 Å². The molecule has 7 heteroatoms. The molecule has 2 aliphatic rings. The van der Waals surface area contributed by atoms with Gasteiger partial charge in [0.1, 0.15) is 5.82 Å². The molecular formula is C17H23FN2O3S. The van der Waals surface area contributed by atoms with E-state index in [0.29, 0.717) is 13.0 Å². The fourth-order valence-electron chi connectivity index (χ4n) is 3.49. The Hall–Kier alpha value is -1.47. The summed E-state index contributed by atoms with van der Waals surface area (Å²) in [7, 11) is -3.68. The van der Waals surface area contributed by atoms with E-state index < -0.39 is 15.8 Å². The standard InChI is InChI=1S/C17H23FN2O3S/c18-15-6-8-16(9-7-15)24(22,23)20-12-4-5-14(13-20)17(21)19-10-2-1-3-11-19/h6-9,14H,1-5,10-13H2/t14-/m0/s1. The van der Waals surface area contributed by atoms with E-state index in [1.165, 1.54) is 16.4 Å². The summed E-state index contributed by atoms with van der Waals surface area (Å²) in [5.74, 6) is -0.661. The molecule has 0 aliphatic carbocycles. The molecule has 2 aliphatic heterocycles. The third kappa shape index (κ3) is 3.62. The number of sulfonamides is 1. The molecule has 2 fully saturated rings. The fraction of sp³-hybridized carbons (Fsp3) is 0.588. The number of piperidine rings is 2. The first kappa shape index (κ1) is 17.4. The molecule has 0 bridgehead atoms. The Kier molecular flexibility index (Phi) is 5.20. The van der Waals surface area contributed by atoms with E-state index in [0.717, 1.165) is 50.9 Å². The third-order valence-corrected chi connectivity index (χ3v) is 6.73. The molecule has 0 saturated carbocycles. The second-order valence-electron chi connectivity index (χ2n) is 6.54. The number of hydrogen-bond donors (Lipinski definition) is 0. The van der Waals surface area contributed by atoms with E-state index in [1.54, 1.807) is 0 Å². The monoisotopic (exact) mass is 354 g/mol. The minimum absolute atomic E-state index is 0.0775. The minimum atomic E-state index is -3.68. The number of benzene rings is 1. The van der Waals surface area contributed by atoms with E-state index in [2.05, 4.69) is 0 Å². The smallest absolute Gasteiger partial charge is 0.243 e. The minimum Gasteiger partial charge on any atom is -0.342 e. The maximum atomic E-state index is 13.0. The van der Waals surface area contributed by atoms with Crippen LogP contribution in [0.5, 0.6) is 0 Å². The number of nitrogens with zero attached hydrogens (tertiary/aromatic N) is 2. The first-order chi connectivity index (χ1) is 11.5. The summed E-state index contributed by atoms with van der Waals surface area (Å²) in [6, 6.07) is 4.85. The van der Waals surface area contributed by atoms with Crippen molar-refractivity contribution in [2.24, 2.45) is 5.92 Å². The molecule has 0 spiro atoms. The van der Waals surface area contributed by atoms with Crippen molar-refractivity contribution in [3.05, 3.63) is 30.1 Å². The molecule has 5 nitrogen and oxygen atoms in total. The van der Waals surface area contributed by atoms with Crippen molar-refractivity contribution in [2.45, 2.75) is 37.0 Å². The van der Waals surface area contributed by atoms with Crippen molar-refractivity contribution in [1.29, 1.82) is 0 Å². The molecule has 1 atom stereocenters. The fourth-order valence-corrected chi connectivity index (χ4v) is 5.01. The zero-order valence-electron chi connectivity index (χ0n) is 13.7. The van der Waals surface area contributed by atoms with Gasteiger partial charge in [-0.05, 0) is 56.4 Å². The molecule has 0 radical (unpaired) electrons. The highest BCUT2D eigenvalue weighted by Gasteiger charge is 2.35. The van der Waals surface area contributed by atoms with Crippen LogP contribution in [0.4, 0.5) is 4.39 Å². The number of rotatable bonds is 3. The summed E-state index contributed by atoms with van der Waals surface area (Å²) in [6.45, 7) is 2.18. The van der Waals surface area contributed by atoms with Crippen molar-refractivity contribution in [3.8, 4) is 0 Å². The lowest BCUT2D eigenvalue weighted by atomic mass is 9.97. The topological polar surface area (TPSA) is 57.7 Å². The van der Waals surface area contributed by atoms with Crippen LogP contribution in [0.25, 0.3) is 0 Å². The van der Waals surface area contributed by atoms with Crippen LogP contribution in [0.3, 0.4) is 0 Å². The van der Waals surface area contributed by atoms with E-state index in [9.17, 15) is 17.6 Å². The first-order valence-electron chi connectivity index (χ1n) is 8.53. The molecule has 1 aromatic carbocycles. The first-order valence-corrected chi connectivity index (χ1v) is 9.97. The molecule has 132 valence electrons. The van der Waals surface area contributed by atoms with Gasteiger partial charge in [0.25, 0.3) is 0 Å². The number of likely N-dealkylation sites (tertiary alicyclic amines) is 1. The highest BCUT2D eigenvalue weighted by molar-refractivity contribution is 7.89. The normalized spacial score (nSPS) is 23.2. The van der Waals surface area contributed by atoms with Crippen molar-refractivity contribution >= 4 is 15.9 Å². The van der Waals surface area contributed by atoms with Gasteiger partial charge in [0.05, 0.1) is 10.8 Å². The zero-order valence-corrected chi connectivity index (χ0v) is 14.5. The zero-order chi connectivity index (χ0) is 17.2. The average Bonchev–Trinajstić information content (AvgIpc) is 2.62. The van der Waals surface area contributed by atoms with Gasteiger partial charge in [0, 0.05) is 26.2 Å². The van der Waals surface area contributed by atoms with E-state index in [1.807, 2.05) is 4.90 Å². The Balaban J connectivity index is 1.72. The summed E-state index contributed by atoms with van der Waals surface area (Å²) in [5.41, 5.74) is 0. The molecule has 2 heterocycles. The lowest BCUT2D eigenvalue weighted by molar-refractivity contribution is -0.137. The van der Waals surface area contributed by atoms with Gasteiger partial charge in [-0.1, -0.05) is 0 Å². The molecular weight excluding hydrogens is 331 g/mol. The molecule has 1 aromatic rings. The van der Waals surface area contributed by atoms with E-state index in [-0.39, 0.29) is 23.3 Å². The molecule has 24 heavy (non-hydrogen) atoms. The molecule has 0 aromatic heterocycles. The number of carbonyl (C=O) groups excluding carboxylic acids is 1. The Morgan fingerprint density at radius 1 is 1.00 bits per heavy atom. The lowest BCUT2D eigenvalue weighted by Gasteiger charge is -2.35. The quantitative estimate of drug-likeness (QED) is 0.836. The van der Waals surface area contributed by atoms with Crippen LogP contribution < -0.4 is 0 Å². The van der Waals surface area contributed by atoms with Crippen molar-refractivity contribution in [2.75, 3.05) is 26.2 Å². The van der Waals surface area contributed by atoms with Gasteiger partial charge in [0.15, 0.2) is 0 Å². The van der Waals surface area contributed by atoms with Crippen LogP contribution in [0.2, 0.25) is 0 Å². The summed E-state index contributed by atoms with van der Waals surface area (Å²) in [5, 5.41) is 0. The molecule has 0 unspecified atom stereocenters. The maximum Gasteiger partial charge on any atom is 0.243 e. The number of amides is 1. The van der Waals surface area contributed by atoms with Crippen molar-refractivity contribution in [3.63, 3.8) is 0 Å².